The normalized spacial score (nSPS) is 14.6. The van der Waals surface area contributed by atoms with Crippen LogP contribution in [0.3, 0.4) is 0 Å². The third kappa shape index (κ3) is 3.19. The quantitative estimate of drug-likeness (QED) is 0.808. The minimum Gasteiger partial charge on any atom is -0.456 e. The molecule has 0 spiro atoms. The zero-order valence-electron chi connectivity index (χ0n) is 7.39. The highest BCUT2D eigenvalue weighted by Crippen LogP contribution is 2.30. The Hall–Kier alpha value is -1.11. The highest BCUT2D eigenvalue weighted by Gasteiger charge is 2.35. The zero-order chi connectivity index (χ0) is 11.6. The third-order valence-electron chi connectivity index (χ3n) is 1.70. The Morgan fingerprint density at radius 1 is 1.27 bits per heavy atom. The molecule has 0 aromatic carbocycles. The smallest absolute Gasteiger partial charge is 0.449 e. The topological polar surface area (TPSA) is 39.2 Å². The lowest BCUT2D eigenvalue weighted by molar-refractivity contribution is -0.153. The van der Waals surface area contributed by atoms with E-state index >= 15 is 0 Å². The second-order valence-electron chi connectivity index (χ2n) is 2.97. The molecule has 0 saturated heterocycles. The molecule has 2 N–H and O–H groups in total. The van der Waals surface area contributed by atoms with E-state index in [9.17, 15) is 22.0 Å². The molecule has 1 aromatic heterocycles. The van der Waals surface area contributed by atoms with E-state index in [1.54, 1.807) is 0 Å². The first-order chi connectivity index (χ1) is 6.80. The number of halogens is 5. The lowest BCUT2D eigenvalue weighted by Crippen LogP contribution is -2.30. The number of alkyl halides is 5. The Balaban J connectivity index is 2.69. The molecule has 15 heavy (non-hydrogen) atoms. The molecule has 0 saturated carbocycles. The molecule has 0 aliphatic carbocycles. The van der Waals surface area contributed by atoms with Gasteiger partial charge in [-0.1, -0.05) is 0 Å². The van der Waals surface area contributed by atoms with Gasteiger partial charge in [-0.05, 0) is 12.1 Å². The van der Waals surface area contributed by atoms with Crippen LogP contribution in [0.1, 0.15) is 11.5 Å². The van der Waals surface area contributed by atoms with Crippen LogP contribution in [0.15, 0.2) is 16.5 Å². The maximum atomic E-state index is 12.0. The van der Waals surface area contributed by atoms with Gasteiger partial charge in [-0.2, -0.15) is 13.2 Å². The summed E-state index contributed by atoms with van der Waals surface area (Å²) in [6.07, 6.45) is -7.81. The van der Waals surface area contributed by atoms with Crippen LogP contribution in [-0.2, 0) is 12.6 Å². The highest BCUT2D eigenvalue weighted by atomic mass is 19.4. The van der Waals surface area contributed by atoms with E-state index in [1.807, 2.05) is 0 Å². The molecule has 1 heterocycles. The van der Waals surface area contributed by atoms with E-state index in [0.29, 0.717) is 6.07 Å². The number of hydrogen-bond acceptors (Lipinski definition) is 2. The van der Waals surface area contributed by atoms with Gasteiger partial charge in [-0.15, -0.1) is 0 Å². The molecule has 0 bridgehead atoms. The van der Waals surface area contributed by atoms with Crippen LogP contribution in [-0.4, -0.2) is 12.5 Å². The van der Waals surface area contributed by atoms with E-state index in [1.165, 1.54) is 0 Å². The molecule has 0 radical (unpaired) electrons. The molecule has 0 aliphatic heterocycles. The van der Waals surface area contributed by atoms with Gasteiger partial charge >= 0.3 is 6.18 Å². The lowest BCUT2D eigenvalue weighted by atomic mass is 10.2. The highest BCUT2D eigenvalue weighted by molar-refractivity contribution is 5.10. The Bertz CT molecular complexity index is 319. The van der Waals surface area contributed by atoms with Crippen molar-refractivity contribution in [1.29, 1.82) is 0 Å². The predicted molar refractivity (Wildman–Crippen MR) is 41.4 cm³/mol. The summed E-state index contributed by atoms with van der Waals surface area (Å²) < 4.78 is 64.3. The van der Waals surface area contributed by atoms with E-state index < -0.39 is 30.8 Å². The number of rotatable bonds is 3. The van der Waals surface area contributed by atoms with Crippen molar-refractivity contribution in [2.45, 2.75) is 25.1 Å². The van der Waals surface area contributed by atoms with Gasteiger partial charge in [0.15, 0.2) is 0 Å². The molecular formula is C8H8F5NO. The predicted octanol–water partition coefficient (Wildman–Crippen LogP) is 2.43. The second kappa shape index (κ2) is 4.18. The molecule has 1 rings (SSSR count). The van der Waals surface area contributed by atoms with E-state index in [0.717, 1.165) is 6.07 Å². The van der Waals surface area contributed by atoms with Crippen LogP contribution in [0.25, 0.3) is 0 Å². The van der Waals surface area contributed by atoms with E-state index in [-0.39, 0.29) is 5.76 Å². The van der Waals surface area contributed by atoms with Gasteiger partial charge in [0.2, 0.25) is 5.76 Å². The molecular weight excluding hydrogens is 221 g/mol. The number of nitrogens with two attached hydrogens (primary N) is 1. The van der Waals surface area contributed by atoms with Crippen molar-refractivity contribution >= 4 is 0 Å². The Labute approximate surface area is 81.9 Å². The number of furan rings is 1. The zero-order valence-corrected chi connectivity index (χ0v) is 7.39. The molecule has 86 valence electrons. The van der Waals surface area contributed by atoms with Crippen LogP contribution in [0.4, 0.5) is 22.0 Å². The fourth-order valence-electron chi connectivity index (χ4n) is 0.961. The molecule has 0 aliphatic rings. The summed E-state index contributed by atoms with van der Waals surface area (Å²) in [6, 6.07) is 0.163. The van der Waals surface area contributed by atoms with Crippen molar-refractivity contribution in [3.63, 3.8) is 0 Å². The monoisotopic (exact) mass is 229 g/mol. The summed E-state index contributed by atoms with van der Waals surface area (Å²) in [5.74, 6) is -1.41. The fraction of sp³-hybridized carbons (Fsp3) is 0.500. The molecule has 2 nitrogen and oxygen atoms in total. The first-order valence-electron chi connectivity index (χ1n) is 4.00. The van der Waals surface area contributed by atoms with Crippen molar-refractivity contribution in [2.24, 2.45) is 5.73 Å². The van der Waals surface area contributed by atoms with E-state index in [2.05, 4.69) is 4.42 Å². The Morgan fingerprint density at radius 2 is 1.87 bits per heavy atom. The first-order valence-corrected chi connectivity index (χ1v) is 4.00. The van der Waals surface area contributed by atoms with Crippen LogP contribution in [0.5, 0.6) is 0 Å². The average Bonchev–Trinajstić information content (AvgIpc) is 2.51. The standard InChI is InChI=1S/C8H8F5NO/c9-7(10)5(14)3-4-1-2-6(15-4)8(11,12)13/h1-2,5,7H,3,14H2. The summed E-state index contributed by atoms with van der Waals surface area (Å²) in [5, 5.41) is 0. The van der Waals surface area contributed by atoms with Crippen molar-refractivity contribution in [1.82, 2.24) is 0 Å². The SMILES string of the molecule is NC(Cc1ccc(C(F)(F)F)o1)C(F)F. The van der Waals surface area contributed by atoms with Crippen LogP contribution >= 0.6 is 0 Å². The Kier molecular flexibility index (Phi) is 3.33. The molecule has 1 aromatic rings. The second-order valence-corrected chi connectivity index (χ2v) is 2.97. The average molecular weight is 229 g/mol. The molecule has 0 amide bonds. The van der Waals surface area contributed by atoms with Crippen LogP contribution in [0, 0.1) is 0 Å². The molecule has 1 unspecified atom stereocenters. The summed E-state index contributed by atoms with van der Waals surface area (Å²) >= 11 is 0. The largest absolute Gasteiger partial charge is 0.456 e. The van der Waals surface area contributed by atoms with Crippen molar-refractivity contribution < 1.29 is 26.4 Å². The molecule has 0 fully saturated rings. The first kappa shape index (κ1) is 12.0. The van der Waals surface area contributed by atoms with Gasteiger partial charge in [0.05, 0.1) is 6.04 Å². The van der Waals surface area contributed by atoms with Gasteiger partial charge in [0, 0.05) is 6.42 Å². The maximum absolute atomic E-state index is 12.0. The minimum atomic E-state index is -4.60. The third-order valence-corrected chi connectivity index (χ3v) is 1.70. The number of hydrogen-bond donors (Lipinski definition) is 1. The van der Waals surface area contributed by atoms with Crippen molar-refractivity contribution in [2.75, 3.05) is 0 Å². The summed E-state index contributed by atoms with van der Waals surface area (Å²) in [7, 11) is 0. The lowest BCUT2D eigenvalue weighted by Gasteiger charge is -2.07. The molecule has 7 heteroatoms. The van der Waals surface area contributed by atoms with E-state index in [4.69, 9.17) is 5.73 Å². The maximum Gasteiger partial charge on any atom is 0.449 e. The van der Waals surface area contributed by atoms with Crippen molar-refractivity contribution in [3.8, 4) is 0 Å². The van der Waals surface area contributed by atoms with Crippen molar-refractivity contribution in [3.05, 3.63) is 23.7 Å². The minimum absolute atomic E-state index is 0.199. The van der Waals surface area contributed by atoms with Gasteiger partial charge < -0.3 is 10.2 Å². The van der Waals surface area contributed by atoms with Gasteiger partial charge in [0.1, 0.15) is 5.76 Å². The fourth-order valence-corrected chi connectivity index (χ4v) is 0.961. The van der Waals surface area contributed by atoms with Crippen LogP contribution < -0.4 is 5.73 Å². The van der Waals surface area contributed by atoms with Gasteiger partial charge in [-0.3, -0.25) is 0 Å². The van der Waals surface area contributed by atoms with Crippen LogP contribution in [0.2, 0.25) is 0 Å². The van der Waals surface area contributed by atoms with Gasteiger partial charge in [-0.25, -0.2) is 8.78 Å². The summed E-state index contributed by atoms with van der Waals surface area (Å²) in [5.41, 5.74) is 4.98. The summed E-state index contributed by atoms with van der Waals surface area (Å²) in [6.45, 7) is 0. The van der Waals surface area contributed by atoms with Gasteiger partial charge in [0.25, 0.3) is 6.43 Å². The Morgan fingerprint density at radius 3 is 2.27 bits per heavy atom. The molecule has 1 atom stereocenters. The summed E-state index contributed by atoms with van der Waals surface area (Å²) in [4.78, 5) is 0.